The van der Waals surface area contributed by atoms with Crippen molar-refractivity contribution in [3.63, 3.8) is 0 Å². The van der Waals surface area contributed by atoms with E-state index >= 15 is 0 Å². The van der Waals surface area contributed by atoms with Gasteiger partial charge in [-0.15, -0.1) is 0 Å². The number of benzene rings is 1. The number of nitrogens with one attached hydrogen (secondary N) is 1. The highest BCUT2D eigenvalue weighted by atomic mass is 19.1. The van der Waals surface area contributed by atoms with Crippen LogP contribution >= 0.6 is 0 Å². The zero-order valence-corrected chi connectivity index (χ0v) is 9.82. The first-order chi connectivity index (χ1) is 8.95. The van der Waals surface area contributed by atoms with Gasteiger partial charge in [-0.3, -0.25) is 0 Å². The maximum Gasteiger partial charge on any atom is 0.354 e. The molecule has 1 aromatic carbocycles. The van der Waals surface area contributed by atoms with Crippen LogP contribution in [0.15, 0.2) is 24.3 Å². The summed E-state index contributed by atoms with van der Waals surface area (Å²) in [5.74, 6) is -2.81. The maximum absolute atomic E-state index is 13.4. The first-order valence-corrected chi connectivity index (χ1v) is 5.27. The third-order valence-corrected chi connectivity index (χ3v) is 2.25. The zero-order valence-electron chi connectivity index (χ0n) is 9.82. The van der Waals surface area contributed by atoms with Gasteiger partial charge >= 0.3 is 5.97 Å². The molecule has 0 aliphatic carbocycles. The molecule has 1 aromatic heterocycles. The fraction of sp³-hybridized carbons (Fsp3) is 0.0833. The van der Waals surface area contributed by atoms with Gasteiger partial charge in [0.2, 0.25) is 5.95 Å². The van der Waals surface area contributed by atoms with Gasteiger partial charge in [-0.2, -0.15) is 0 Å². The first-order valence-electron chi connectivity index (χ1n) is 5.27. The summed E-state index contributed by atoms with van der Waals surface area (Å²) in [4.78, 5) is 18.5. The van der Waals surface area contributed by atoms with Gasteiger partial charge < -0.3 is 10.4 Å². The predicted molar refractivity (Wildman–Crippen MR) is 63.4 cm³/mol. The summed E-state index contributed by atoms with van der Waals surface area (Å²) < 4.78 is 26.2. The number of carbonyl (C=O) groups is 1. The lowest BCUT2D eigenvalue weighted by Gasteiger charge is -2.07. The van der Waals surface area contributed by atoms with E-state index in [2.05, 4.69) is 15.3 Å². The molecule has 2 aromatic rings. The standard InChI is InChI=1S/C12H9F2N3O2/c1-6-4-10(11(18)19)17-12(15-6)16-9-3-2-7(13)5-8(9)14/h2-5H,1H3,(H,18,19)(H,15,16,17). The molecule has 5 nitrogen and oxygen atoms in total. The smallest absolute Gasteiger partial charge is 0.354 e. The molecule has 0 unspecified atom stereocenters. The van der Waals surface area contributed by atoms with Crippen LogP contribution in [0.4, 0.5) is 20.4 Å². The van der Waals surface area contributed by atoms with Crippen LogP contribution in [0.2, 0.25) is 0 Å². The van der Waals surface area contributed by atoms with E-state index in [1.165, 1.54) is 12.1 Å². The third-order valence-electron chi connectivity index (χ3n) is 2.25. The summed E-state index contributed by atoms with van der Waals surface area (Å²) in [6, 6.07) is 4.24. The second-order valence-electron chi connectivity index (χ2n) is 3.77. The van der Waals surface area contributed by atoms with E-state index in [0.29, 0.717) is 11.8 Å². The lowest BCUT2D eigenvalue weighted by molar-refractivity contribution is 0.0690. The van der Waals surface area contributed by atoms with Crippen molar-refractivity contribution in [1.82, 2.24) is 9.97 Å². The van der Waals surface area contributed by atoms with Crippen molar-refractivity contribution in [2.45, 2.75) is 6.92 Å². The van der Waals surface area contributed by atoms with Crippen LogP contribution in [0.1, 0.15) is 16.2 Å². The monoisotopic (exact) mass is 265 g/mol. The van der Waals surface area contributed by atoms with Crippen molar-refractivity contribution in [1.29, 1.82) is 0 Å². The topological polar surface area (TPSA) is 75.1 Å². The average Bonchev–Trinajstić information content (AvgIpc) is 2.32. The van der Waals surface area contributed by atoms with Gasteiger partial charge in [-0.1, -0.05) is 0 Å². The molecule has 0 aliphatic rings. The second kappa shape index (κ2) is 4.97. The molecule has 98 valence electrons. The summed E-state index contributed by atoms with van der Waals surface area (Å²) in [5.41, 5.74) is 0.165. The normalized spacial score (nSPS) is 10.3. The summed E-state index contributed by atoms with van der Waals surface area (Å²) >= 11 is 0. The Labute approximate surface area is 106 Å². The van der Waals surface area contributed by atoms with Crippen LogP contribution in [0, 0.1) is 18.6 Å². The molecule has 19 heavy (non-hydrogen) atoms. The van der Waals surface area contributed by atoms with E-state index in [4.69, 9.17) is 5.11 Å². The van der Waals surface area contributed by atoms with E-state index in [1.807, 2.05) is 0 Å². The zero-order chi connectivity index (χ0) is 14.0. The summed E-state index contributed by atoms with van der Waals surface area (Å²) in [5, 5.41) is 11.4. The van der Waals surface area contributed by atoms with Crippen LogP contribution in [-0.4, -0.2) is 21.0 Å². The molecule has 1 heterocycles. The molecular formula is C12H9F2N3O2. The molecular weight excluding hydrogens is 256 g/mol. The van der Waals surface area contributed by atoms with Gasteiger partial charge in [-0.25, -0.2) is 23.5 Å². The summed E-state index contributed by atoms with van der Waals surface area (Å²) in [6.07, 6.45) is 0. The third kappa shape index (κ3) is 3.01. The molecule has 2 N–H and O–H groups in total. The van der Waals surface area contributed by atoms with Crippen LogP contribution in [0.25, 0.3) is 0 Å². The number of halogens is 2. The van der Waals surface area contributed by atoms with Crippen molar-refractivity contribution in [3.8, 4) is 0 Å². The molecule has 0 saturated carbocycles. The molecule has 0 bridgehead atoms. The number of nitrogens with zero attached hydrogens (tertiary/aromatic N) is 2. The van der Waals surface area contributed by atoms with Crippen molar-refractivity contribution in [2.75, 3.05) is 5.32 Å². The molecule has 7 heteroatoms. The van der Waals surface area contributed by atoms with Gasteiger partial charge in [0.15, 0.2) is 5.69 Å². The number of carboxylic acids is 1. The van der Waals surface area contributed by atoms with E-state index in [-0.39, 0.29) is 17.3 Å². The van der Waals surface area contributed by atoms with Gasteiger partial charge in [0.05, 0.1) is 5.69 Å². The lowest BCUT2D eigenvalue weighted by atomic mass is 10.3. The number of aromatic carboxylic acids is 1. The number of rotatable bonds is 3. The van der Waals surface area contributed by atoms with Crippen molar-refractivity contribution in [2.24, 2.45) is 0 Å². The van der Waals surface area contributed by atoms with Crippen LogP contribution in [0.5, 0.6) is 0 Å². The minimum Gasteiger partial charge on any atom is -0.477 e. The highest BCUT2D eigenvalue weighted by Gasteiger charge is 2.10. The highest BCUT2D eigenvalue weighted by molar-refractivity contribution is 5.85. The molecule has 0 amide bonds. The Hall–Kier alpha value is -2.57. The summed E-state index contributed by atoms with van der Waals surface area (Å²) in [6.45, 7) is 1.58. The number of aromatic nitrogens is 2. The highest BCUT2D eigenvalue weighted by Crippen LogP contribution is 2.18. The van der Waals surface area contributed by atoms with E-state index < -0.39 is 17.6 Å². The quantitative estimate of drug-likeness (QED) is 0.891. The number of hydrogen-bond donors (Lipinski definition) is 2. The van der Waals surface area contributed by atoms with E-state index in [9.17, 15) is 13.6 Å². The summed E-state index contributed by atoms with van der Waals surface area (Å²) in [7, 11) is 0. The predicted octanol–water partition coefficient (Wildman–Crippen LogP) is 2.51. The number of aryl methyl sites for hydroxylation is 1. The van der Waals surface area contributed by atoms with E-state index in [1.54, 1.807) is 6.92 Å². The van der Waals surface area contributed by atoms with Gasteiger partial charge in [-0.05, 0) is 25.1 Å². The molecule has 0 atom stereocenters. The minimum atomic E-state index is -1.21. The number of carboxylic acid groups (broad SMARTS) is 1. The van der Waals surface area contributed by atoms with Crippen LogP contribution in [-0.2, 0) is 0 Å². The van der Waals surface area contributed by atoms with Gasteiger partial charge in [0, 0.05) is 11.8 Å². The molecule has 0 aliphatic heterocycles. The van der Waals surface area contributed by atoms with Crippen LogP contribution in [0.3, 0.4) is 0 Å². The largest absolute Gasteiger partial charge is 0.477 e. The SMILES string of the molecule is Cc1cc(C(=O)O)nc(Nc2ccc(F)cc2F)n1. The Morgan fingerprint density at radius 3 is 2.63 bits per heavy atom. The van der Waals surface area contributed by atoms with Crippen molar-refractivity contribution >= 4 is 17.6 Å². The molecule has 2 rings (SSSR count). The Morgan fingerprint density at radius 2 is 2.00 bits per heavy atom. The second-order valence-corrected chi connectivity index (χ2v) is 3.77. The maximum atomic E-state index is 13.4. The minimum absolute atomic E-state index is 0.0386. The number of hydrogen-bond acceptors (Lipinski definition) is 4. The Kier molecular flexibility index (Phi) is 3.37. The van der Waals surface area contributed by atoms with Gasteiger partial charge in [0.1, 0.15) is 11.6 Å². The number of anilines is 2. The Balaban J connectivity index is 2.35. The molecule has 0 fully saturated rings. The molecule has 0 radical (unpaired) electrons. The van der Waals surface area contributed by atoms with Crippen molar-refractivity contribution in [3.05, 3.63) is 47.3 Å². The Bertz CT molecular complexity index is 647. The molecule has 0 saturated heterocycles. The fourth-order valence-electron chi connectivity index (χ4n) is 1.45. The first kappa shape index (κ1) is 12.9. The van der Waals surface area contributed by atoms with Crippen molar-refractivity contribution < 1.29 is 18.7 Å². The van der Waals surface area contributed by atoms with E-state index in [0.717, 1.165) is 6.07 Å². The van der Waals surface area contributed by atoms with Gasteiger partial charge in [0.25, 0.3) is 0 Å². The Morgan fingerprint density at radius 1 is 1.26 bits per heavy atom. The fourth-order valence-corrected chi connectivity index (χ4v) is 1.45. The molecule has 0 spiro atoms. The van der Waals surface area contributed by atoms with Crippen LogP contribution < -0.4 is 5.32 Å². The lowest BCUT2D eigenvalue weighted by Crippen LogP contribution is -2.07. The average molecular weight is 265 g/mol.